The number of aryl methyl sites for hydroxylation is 2. The maximum atomic E-state index is 12.2. The van der Waals surface area contributed by atoms with Crippen LogP contribution in [0, 0.1) is 0 Å². The predicted octanol–water partition coefficient (Wildman–Crippen LogP) is 2.79. The largest absolute Gasteiger partial charge is 0.484 e. The second kappa shape index (κ2) is 7.97. The van der Waals surface area contributed by atoms with Crippen molar-refractivity contribution in [2.24, 2.45) is 0 Å². The van der Waals surface area contributed by atoms with Gasteiger partial charge < -0.3 is 15.2 Å². The van der Waals surface area contributed by atoms with Gasteiger partial charge in [0.2, 0.25) is 0 Å². The molecule has 1 aliphatic rings. The number of rotatable bonds is 7. The Morgan fingerprint density at radius 2 is 1.92 bits per heavy atom. The molecule has 1 amide bonds. The van der Waals surface area contributed by atoms with Crippen LogP contribution in [0.5, 0.6) is 5.75 Å². The van der Waals surface area contributed by atoms with Gasteiger partial charge in [0, 0.05) is 6.61 Å². The molecule has 0 bridgehead atoms. The van der Waals surface area contributed by atoms with E-state index in [1.807, 2.05) is 42.5 Å². The Bertz CT molecular complexity index is 685. The fraction of sp³-hybridized carbons (Fsp3) is 0.350. The lowest BCUT2D eigenvalue weighted by molar-refractivity contribution is -0.123. The quantitative estimate of drug-likeness (QED) is 0.823. The summed E-state index contributed by atoms with van der Waals surface area (Å²) < 4.78 is 5.63. The van der Waals surface area contributed by atoms with Crippen molar-refractivity contribution >= 4 is 5.91 Å². The Hall–Kier alpha value is -2.33. The van der Waals surface area contributed by atoms with Crippen molar-refractivity contribution in [3.05, 3.63) is 65.2 Å². The minimum atomic E-state index is -0.202. The van der Waals surface area contributed by atoms with Gasteiger partial charge in [0.05, 0.1) is 6.04 Å². The van der Waals surface area contributed by atoms with E-state index in [0.717, 1.165) is 24.2 Å². The van der Waals surface area contributed by atoms with Gasteiger partial charge in [-0.3, -0.25) is 4.79 Å². The number of hydrogen-bond donors (Lipinski definition) is 2. The highest BCUT2D eigenvalue weighted by Gasteiger charge is 2.15. The van der Waals surface area contributed by atoms with Gasteiger partial charge in [0.1, 0.15) is 5.75 Å². The zero-order valence-corrected chi connectivity index (χ0v) is 13.7. The highest BCUT2D eigenvalue weighted by atomic mass is 16.5. The zero-order chi connectivity index (χ0) is 16.8. The summed E-state index contributed by atoms with van der Waals surface area (Å²) in [6, 6.07) is 15.5. The molecule has 0 saturated carbocycles. The smallest absolute Gasteiger partial charge is 0.258 e. The SMILES string of the molecule is O=C(COc1ccc2c(c1)CCC2)NC(CCO)c1ccccc1. The number of fused-ring (bicyclic) bond motifs is 1. The monoisotopic (exact) mass is 325 g/mol. The van der Waals surface area contributed by atoms with E-state index < -0.39 is 0 Å². The van der Waals surface area contributed by atoms with Gasteiger partial charge in [0.25, 0.3) is 5.91 Å². The molecule has 0 aromatic heterocycles. The molecule has 1 unspecified atom stereocenters. The number of carbonyl (C=O) groups is 1. The van der Waals surface area contributed by atoms with E-state index in [4.69, 9.17) is 4.74 Å². The Labute approximate surface area is 142 Å². The molecule has 4 nitrogen and oxygen atoms in total. The van der Waals surface area contributed by atoms with Crippen LogP contribution in [0.25, 0.3) is 0 Å². The predicted molar refractivity (Wildman–Crippen MR) is 93.0 cm³/mol. The molecule has 24 heavy (non-hydrogen) atoms. The van der Waals surface area contributed by atoms with Crippen molar-refractivity contribution in [3.63, 3.8) is 0 Å². The summed E-state index contributed by atoms with van der Waals surface area (Å²) in [4.78, 5) is 12.2. The molecule has 0 fully saturated rings. The molecule has 0 spiro atoms. The summed E-state index contributed by atoms with van der Waals surface area (Å²) >= 11 is 0. The summed E-state index contributed by atoms with van der Waals surface area (Å²) in [6.45, 7) is -0.000924. The molecule has 0 radical (unpaired) electrons. The van der Waals surface area contributed by atoms with Gasteiger partial charge in [-0.2, -0.15) is 0 Å². The third kappa shape index (κ3) is 4.15. The summed E-state index contributed by atoms with van der Waals surface area (Å²) in [6.07, 6.45) is 3.90. The van der Waals surface area contributed by atoms with E-state index in [-0.39, 0.29) is 25.2 Å². The lowest BCUT2D eigenvalue weighted by Gasteiger charge is -2.18. The van der Waals surface area contributed by atoms with Crippen LogP contribution in [-0.4, -0.2) is 24.2 Å². The third-order valence-electron chi connectivity index (χ3n) is 4.39. The van der Waals surface area contributed by atoms with Crippen molar-refractivity contribution in [1.82, 2.24) is 5.32 Å². The van der Waals surface area contributed by atoms with E-state index in [2.05, 4.69) is 11.4 Å². The van der Waals surface area contributed by atoms with Crippen LogP contribution in [0.4, 0.5) is 0 Å². The molecule has 0 aliphatic heterocycles. The average Bonchev–Trinajstić information content (AvgIpc) is 3.08. The first-order valence-corrected chi connectivity index (χ1v) is 8.46. The first-order valence-electron chi connectivity index (χ1n) is 8.46. The summed E-state index contributed by atoms with van der Waals surface area (Å²) in [5.74, 6) is 0.557. The molecular formula is C20H23NO3. The summed E-state index contributed by atoms with van der Waals surface area (Å²) in [7, 11) is 0. The third-order valence-corrected chi connectivity index (χ3v) is 4.39. The van der Waals surface area contributed by atoms with Crippen molar-refractivity contribution in [2.45, 2.75) is 31.7 Å². The highest BCUT2D eigenvalue weighted by molar-refractivity contribution is 5.78. The number of nitrogens with one attached hydrogen (secondary N) is 1. The van der Waals surface area contributed by atoms with Crippen LogP contribution in [0.1, 0.15) is 35.6 Å². The molecule has 0 saturated heterocycles. The number of aliphatic hydroxyl groups excluding tert-OH is 1. The number of carbonyl (C=O) groups excluding carboxylic acids is 1. The number of hydrogen-bond acceptors (Lipinski definition) is 3. The van der Waals surface area contributed by atoms with Crippen LogP contribution in [0.2, 0.25) is 0 Å². The van der Waals surface area contributed by atoms with Gasteiger partial charge in [-0.05, 0) is 54.5 Å². The van der Waals surface area contributed by atoms with Gasteiger partial charge in [-0.25, -0.2) is 0 Å². The molecule has 2 N–H and O–H groups in total. The molecule has 4 heteroatoms. The molecule has 1 aliphatic carbocycles. The standard InChI is InChI=1S/C20H23NO3/c22-12-11-19(16-5-2-1-3-6-16)21-20(23)14-24-18-10-9-15-7-4-8-17(15)13-18/h1-3,5-6,9-10,13,19,22H,4,7-8,11-12,14H2,(H,21,23). The minimum Gasteiger partial charge on any atom is -0.484 e. The van der Waals surface area contributed by atoms with Gasteiger partial charge in [-0.15, -0.1) is 0 Å². The topological polar surface area (TPSA) is 58.6 Å². The Morgan fingerprint density at radius 1 is 1.12 bits per heavy atom. The van der Waals surface area contributed by atoms with Crippen LogP contribution < -0.4 is 10.1 Å². The zero-order valence-electron chi connectivity index (χ0n) is 13.7. The normalized spacial score (nSPS) is 14.0. The molecule has 0 heterocycles. The van der Waals surface area contributed by atoms with Crippen molar-refractivity contribution < 1.29 is 14.6 Å². The van der Waals surface area contributed by atoms with Crippen LogP contribution in [-0.2, 0) is 17.6 Å². The fourth-order valence-electron chi connectivity index (χ4n) is 3.16. The lowest BCUT2D eigenvalue weighted by atomic mass is 10.0. The van der Waals surface area contributed by atoms with Crippen molar-refractivity contribution in [1.29, 1.82) is 0 Å². The number of aliphatic hydroxyl groups is 1. The minimum absolute atomic E-state index is 0.0194. The van der Waals surface area contributed by atoms with Crippen LogP contribution >= 0.6 is 0 Å². The molecular weight excluding hydrogens is 302 g/mol. The van der Waals surface area contributed by atoms with Gasteiger partial charge in [-0.1, -0.05) is 36.4 Å². The number of amides is 1. The Kier molecular flexibility index (Phi) is 5.49. The van der Waals surface area contributed by atoms with Gasteiger partial charge >= 0.3 is 0 Å². The van der Waals surface area contributed by atoms with E-state index in [1.54, 1.807) is 0 Å². The first-order chi connectivity index (χ1) is 11.8. The van der Waals surface area contributed by atoms with Crippen molar-refractivity contribution in [2.75, 3.05) is 13.2 Å². The summed E-state index contributed by atoms with van der Waals surface area (Å²) in [5.41, 5.74) is 3.70. The highest BCUT2D eigenvalue weighted by Crippen LogP contribution is 2.26. The van der Waals surface area contributed by atoms with Crippen LogP contribution in [0.15, 0.2) is 48.5 Å². The van der Waals surface area contributed by atoms with Gasteiger partial charge in [0.15, 0.2) is 6.61 Å². The van der Waals surface area contributed by atoms with E-state index in [9.17, 15) is 9.90 Å². The fourth-order valence-corrected chi connectivity index (χ4v) is 3.16. The second-order valence-corrected chi connectivity index (χ2v) is 6.12. The molecule has 2 aromatic rings. The maximum Gasteiger partial charge on any atom is 0.258 e. The number of ether oxygens (including phenoxy) is 1. The summed E-state index contributed by atoms with van der Waals surface area (Å²) in [5, 5.41) is 12.2. The van der Waals surface area contributed by atoms with E-state index in [0.29, 0.717) is 6.42 Å². The number of benzene rings is 2. The molecule has 1 atom stereocenters. The van der Waals surface area contributed by atoms with E-state index in [1.165, 1.54) is 17.5 Å². The van der Waals surface area contributed by atoms with E-state index >= 15 is 0 Å². The maximum absolute atomic E-state index is 12.2. The van der Waals surface area contributed by atoms with Crippen LogP contribution in [0.3, 0.4) is 0 Å². The lowest BCUT2D eigenvalue weighted by Crippen LogP contribution is -2.33. The average molecular weight is 325 g/mol. The first kappa shape index (κ1) is 16.5. The Balaban J connectivity index is 1.56. The molecule has 2 aromatic carbocycles. The van der Waals surface area contributed by atoms with Crippen molar-refractivity contribution in [3.8, 4) is 5.75 Å². The molecule has 126 valence electrons. The Morgan fingerprint density at radius 3 is 2.71 bits per heavy atom. The molecule has 3 rings (SSSR count). The second-order valence-electron chi connectivity index (χ2n) is 6.12.